The number of nitrogens with two attached hydrogens (primary N) is 1. The molecular weight excluding hydrogens is 248 g/mol. The van der Waals surface area contributed by atoms with Crippen LogP contribution in [0.4, 0.5) is 0 Å². The fourth-order valence-corrected chi connectivity index (χ4v) is 3.10. The van der Waals surface area contributed by atoms with E-state index in [9.17, 15) is 4.79 Å². The summed E-state index contributed by atoms with van der Waals surface area (Å²) in [5.41, 5.74) is 6.89. The fraction of sp³-hybridized carbons (Fsp3) is 0.500. The zero-order valence-corrected chi connectivity index (χ0v) is 11.4. The van der Waals surface area contributed by atoms with Crippen molar-refractivity contribution in [1.82, 2.24) is 4.90 Å². The number of halogens is 1. The van der Waals surface area contributed by atoms with E-state index in [1.807, 2.05) is 23.1 Å². The lowest BCUT2D eigenvalue weighted by Crippen LogP contribution is -2.37. The number of amides is 1. The van der Waals surface area contributed by atoms with Crippen LogP contribution in [0, 0.1) is 0 Å². The maximum Gasteiger partial charge on any atom is 0.219 e. The maximum absolute atomic E-state index is 11.6. The number of carbonyl (C=O) groups excluding carboxylic acids is 1. The Labute approximate surface area is 113 Å². The van der Waals surface area contributed by atoms with Crippen LogP contribution in [0.25, 0.3) is 0 Å². The summed E-state index contributed by atoms with van der Waals surface area (Å²) in [6.45, 7) is 3.05. The SMILES string of the molecule is CC(=O)N1CCC(c2cccc(Cl)c2)C1CCN. The molecule has 1 amide bonds. The van der Waals surface area contributed by atoms with E-state index < -0.39 is 0 Å². The number of likely N-dealkylation sites (tertiary alicyclic amines) is 1. The van der Waals surface area contributed by atoms with Crippen molar-refractivity contribution in [1.29, 1.82) is 0 Å². The molecule has 1 aromatic rings. The fourth-order valence-electron chi connectivity index (χ4n) is 2.90. The van der Waals surface area contributed by atoms with Gasteiger partial charge in [-0.3, -0.25) is 4.79 Å². The van der Waals surface area contributed by atoms with E-state index >= 15 is 0 Å². The zero-order chi connectivity index (χ0) is 13.1. The lowest BCUT2D eigenvalue weighted by atomic mass is 9.90. The molecule has 1 fully saturated rings. The Hall–Kier alpha value is -1.06. The largest absolute Gasteiger partial charge is 0.339 e. The predicted octanol–water partition coefficient (Wildman–Crippen LogP) is 2.39. The van der Waals surface area contributed by atoms with Gasteiger partial charge in [0.25, 0.3) is 0 Å². The molecule has 2 rings (SSSR count). The molecule has 3 nitrogen and oxygen atoms in total. The molecule has 18 heavy (non-hydrogen) atoms. The van der Waals surface area contributed by atoms with Gasteiger partial charge in [-0.2, -0.15) is 0 Å². The number of carbonyl (C=O) groups is 1. The highest BCUT2D eigenvalue weighted by Crippen LogP contribution is 2.35. The second-order valence-corrected chi connectivity index (χ2v) is 5.24. The highest BCUT2D eigenvalue weighted by Gasteiger charge is 2.35. The van der Waals surface area contributed by atoms with Crippen molar-refractivity contribution in [2.45, 2.75) is 31.7 Å². The Morgan fingerprint density at radius 1 is 1.56 bits per heavy atom. The lowest BCUT2D eigenvalue weighted by molar-refractivity contribution is -0.129. The van der Waals surface area contributed by atoms with Crippen LogP contribution in [-0.2, 0) is 4.79 Å². The molecule has 2 atom stereocenters. The molecule has 0 saturated carbocycles. The van der Waals surface area contributed by atoms with Crippen molar-refractivity contribution >= 4 is 17.5 Å². The first kappa shape index (κ1) is 13.4. The lowest BCUT2D eigenvalue weighted by Gasteiger charge is -2.27. The van der Waals surface area contributed by atoms with Crippen molar-refractivity contribution in [3.8, 4) is 0 Å². The van der Waals surface area contributed by atoms with E-state index in [-0.39, 0.29) is 11.9 Å². The highest BCUT2D eigenvalue weighted by molar-refractivity contribution is 6.30. The minimum Gasteiger partial charge on any atom is -0.339 e. The van der Waals surface area contributed by atoms with Crippen LogP contribution >= 0.6 is 11.6 Å². The van der Waals surface area contributed by atoms with Gasteiger partial charge in [-0.15, -0.1) is 0 Å². The summed E-state index contributed by atoms with van der Waals surface area (Å²) in [6.07, 6.45) is 1.83. The van der Waals surface area contributed by atoms with E-state index in [4.69, 9.17) is 17.3 Å². The molecule has 2 unspecified atom stereocenters. The van der Waals surface area contributed by atoms with Gasteiger partial charge in [-0.25, -0.2) is 0 Å². The van der Waals surface area contributed by atoms with Crippen LogP contribution in [0.1, 0.15) is 31.2 Å². The van der Waals surface area contributed by atoms with Crippen molar-refractivity contribution in [3.63, 3.8) is 0 Å². The monoisotopic (exact) mass is 266 g/mol. The van der Waals surface area contributed by atoms with E-state index in [0.717, 1.165) is 24.4 Å². The van der Waals surface area contributed by atoms with Crippen LogP contribution in [0.5, 0.6) is 0 Å². The second-order valence-electron chi connectivity index (χ2n) is 4.81. The Bertz CT molecular complexity index is 436. The van der Waals surface area contributed by atoms with E-state index in [2.05, 4.69) is 6.07 Å². The molecule has 0 aromatic heterocycles. The number of hydrogen-bond acceptors (Lipinski definition) is 2. The molecular formula is C14H19ClN2O. The first-order valence-electron chi connectivity index (χ1n) is 6.36. The van der Waals surface area contributed by atoms with Crippen LogP contribution in [0.2, 0.25) is 5.02 Å². The molecule has 1 aliphatic heterocycles. The molecule has 0 aliphatic carbocycles. The van der Waals surface area contributed by atoms with Gasteiger partial charge in [-0.1, -0.05) is 23.7 Å². The second kappa shape index (κ2) is 5.72. The van der Waals surface area contributed by atoms with Crippen molar-refractivity contribution in [2.24, 2.45) is 5.73 Å². The van der Waals surface area contributed by atoms with Gasteiger partial charge in [-0.05, 0) is 37.1 Å². The molecule has 1 saturated heterocycles. The molecule has 1 aromatic carbocycles. The quantitative estimate of drug-likeness (QED) is 0.913. The summed E-state index contributed by atoms with van der Waals surface area (Å²) in [6, 6.07) is 8.14. The van der Waals surface area contributed by atoms with Gasteiger partial charge in [0.1, 0.15) is 0 Å². The van der Waals surface area contributed by atoms with Crippen LogP contribution in [0.3, 0.4) is 0 Å². The summed E-state index contributed by atoms with van der Waals surface area (Å²) in [4.78, 5) is 13.6. The summed E-state index contributed by atoms with van der Waals surface area (Å²) in [5, 5.41) is 0.750. The van der Waals surface area contributed by atoms with Gasteiger partial charge >= 0.3 is 0 Å². The van der Waals surface area contributed by atoms with Crippen molar-refractivity contribution in [2.75, 3.05) is 13.1 Å². The third kappa shape index (κ3) is 2.68. The Morgan fingerprint density at radius 3 is 2.94 bits per heavy atom. The molecule has 4 heteroatoms. The Balaban J connectivity index is 2.24. The van der Waals surface area contributed by atoms with Crippen molar-refractivity contribution in [3.05, 3.63) is 34.9 Å². The average Bonchev–Trinajstić information content (AvgIpc) is 2.73. The number of nitrogens with zero attached hydrogens (tertiary/aromatic N) is 1. The molecule has 0 spiro atoms. The summed E-state index contributed by atoms with van der Waals surface area (Å²) < 4.78 is 0. The predicted molar refractivity (Wildman–Crippen MR) is 73.7 cm³/mol. The zero-order valence-electron chi connectivity index (χ0n) is 10.6. The molecule has 2 N–H and O–H groups in total. The third-order valence-electron chi connectivity index (χ3n) is 3.69. The number of hydrogen-bond donors (Lipinski definition) is 1. The molecule has 0 radical (unpaired) electrons. The third-order valence-corrected chi connectivity index (χ3v) is 3.92. The molecule has 0 bridgehead atoms. The minimum absolute atomic E-state index is 0.137. The maximum atomic E-state index is 11.6. The smallest absolute Gasteiger partial charge is 0.219 e. The van der Waals surface area contributed by atoms with Crippen LogP contribution in [0.15, 0.2) is 24.3 Å². The molecule has 98 valence electrons. The average molecular weight is 267 g/mol. The number of benzene rings is 1. The van der Waals surface area contributed by atoms with Gasteiger partial charge in [0.15, 0.2) is 0 Å². The minimum atomic E-state index is 0.137. The molecule has 1 heterocycles. The molecule has 1 aliphatic rings. The van der Waals surface area contributed by atoms with Crippen LogP contribution in [-0.4, -0.2) is 29.9 Å². The van der Waals surface area contributed by atoms with Gasteiger partial charge in [0.2, 0.25) is 5.91 Å². The summed E-state index contributed by atoms with van der Waals surface area (Å²) in [7, 11) is 0. The standard InChI is InChI=1S/C14H19ClN2O/c1-10(18)17-8-6-13(14(17)5-7-16)11-3-2-4-12(15)9-11/h2-4,9,13-14H,5-8,16H2,1H3. The highest BCUT2D eigenvalue weighted by atomic mass is 35.5. The Morgan fingerprint density at radius 2 is 2.33 bits per heavy atom. The Kier molecular flexibility index (Phi) is 4.25. The van der Waals surface area contributed by atoms with Crippen LogP contribution < -0.4 is 5.73 Å². The summed E-state index contributed by atoms with van der Waals surface area (Å²) in [5.74, 6) is 0.495. The van der Waals surface area contributed by atoms with Gasteiger partial charge in [0.05, 0.1) is 0 Å². The normalized spacial score (nSPS) is 23.4. The van der Waals surface area contributed by atoms with E-state index in [1.54, 1.807) is 6.92 Å². The first-order valence-corrected chi connectivity index (χ1v) is 6.74. The topological polar surface area (TPSA) is 46.3 Å². The first-order chi connectivity index (χ1) is 8.63. The van der Waals surface area contributed by atoms with E-state index in [0.29, 0.717) is 12.5 Å². The van der Waals surface area contributed by atoms with Crippen molar-refractivity contribution < 1.29 is 4.79 Å². The van der Waals surface area contributed by atoms with Gasteiger partial charge in [0, 0.05) is 30.5 Å². The van der Waals surface area contributed by atoms with E-state index in [1.165, 1.54) is 5.56 Å². The van der Waals surface area contributed by atoms with Gasteiger partial charge < -0.3 is 10.6 Å². The number of rotatable bonds is 3. The summed E-state index contributed by atoms with van der Waals surface area (Å²) >= 11 is 6.04.